The van der Waals surface area contributed by atoms with Crippen LogP contribution in [0.1, 0.15) is 32.3 Å². The van der Waals surface area contributed by atoms with Gasteiger partial charge in [-0.2, -0.15) is 0 Å². The van der Waals surface area contributed by atoms with E-state index in [4.69, 9.17) is 15.5 Å². The van der Waals surface area contributed by atoms with E-state index in [0.29, 0.717) is 5.96 Å². The van der Waals surface area contributed by atoms with Crippen LogP contribution in [0.4, 0.5) is 0 Å². The first kappa shape index (κ1) is 15.8. The maximum Gasteiger partial charge on any atom is 0.191 e. The van der Waals surface area contributed by atoms with Crippen LogP contribution in [0.15, 0.2) is 35.3 Å². The smallest absolute Gasteiger partial charge is 0.191 e. The highest BCUT2D eigenvalue weighted by Gasteiger charge is 2.28. The number of hydrogen-bond donors (Lipinski definition) is 1. The minimum absolute atomic E-state index is 0.0815. The van der Waals surface area contributed by atoms with Gasteiger partial charge in [0.05, 0.1) is 19.8 Å². The summed E-state index contributed by atoms with van der Waals surface area (Å²) in [6, 6.07) is 10.7. The first-order valence-electron chi connectivity index (χ1n) is 7.90. The third-order valence-corrected chi connectivity index (χ3v) is 4.62. The van der Waals surface area contributed by atoms with E-state index < -0.39 is 0 Å². The standard InChI is InChI=1S/C17H27N3O/c1-3-17(4-2,15-8-6-5-7-9-15)14-19-16(18)20-10-12-21-13-11-20/h5-9H,3-4,10-14H2,1-2H3,(H2,18,19). The molecule has 0 aromatic heterocycles. The van der Waals surface area contributed by atoms with E-state index in [1.54, 1.807) is 0 Å². The van der Waals surface area contributed by atoms with Crippen molar-refractivity contribution in [1.82, 2.24) is 4.90 Å². The van der Waals surface area contributed by atoms with E-state index in [1.165, 1.54) is 5.56 Å². The predicted molar refractivity (Wildman–Crippen MR) is 87.6 cm³/mol. The summed E-state index contributed by atoms with van der Waals surface area (Å²) in [5.41, 5.74) is 7.60. The molecule has 1 aliphatic heterocycles. The molecule has 0 spiro atoms. The number of nitrogens with zero attached hydrogens (tertiary/aromatic N) is 2. The Bertz CT molecular complexity index is 448. The molecule has 0 radical (unpaired) electrons. The molecule has 1 aromatic carbocycles. The van der Waals surface area contributed by atoms with Crippen molar-refractivity contribution in [1.29, 1.82) is 0 Å². The average molecular weight is 289 g/mol. The molecule has 2 N–H and O–H groups in total. The average Bonchev–Trinajstić information content (AvgIpc) is 2.58. The topological polar surface area (TPSA) is 50.8 Å². The van der Waals surface area contributed by atoms with Crippen molar-refractivity contribution in [2.45, 2.75) is 32.1 Å². The molecule has 1 aliphatic rings. The van der Waals surface area contributed by atoms with Gasteiger partial charge >= 0.3 is 0 Å². The predicted octanol–water partition coefficient (Wildman–Crippen LogP) is 2.39. The van der Waals surface area contributed by atoms with Gasteiger partial charge in [-0.1, -0.05) is 44.2 Å². The van der Waals surface area contributed by atoms with E-state index in [2.05, 4.69) is 49.1 Å². The Morgan fingerprint density at radius 3 is 2.38 bits per heavy atom. The number of hydrogen-bond acceptors (Lipinski definition) is 2. The Labute approximate surface area is 128 Å². The Morgan fingerprint density at radius 2 is 1.81 bits per heavy atom. The molecule has 116 valence electrons. The van der Waals surface area contributed by atoms with Gasteiger partial charge in [0.1, 0.15) is 0 Å². The van der Waals surface area contributed by atoms with Crippen LogP contribution in [0.25, 0.3) is 0 Å². The minimum Gasteiger partial charge on any atom is -0.378 e. The van der Waals surface area contributed by atoms with Gasteiger partial charge in [-0.15, -0.1) is 0 Å². The Kier molecular flexibility index (Phi) is 5.62. The first-order valence-corrected chi connectivity index (χ1v) is 7.90. The molecule has 0 unspecified atom stereocenters. The molecule has 1 fully saturated rings. The van der Waals surface area contributed by atoms with Crippen molar-refractivity contribution in [2.24, 2.45) is 10.7 Å². The number of benzene rings is 1. The van der Waals surface area contributed by atoms with E-state index in [0.717, 1.165) is 45.7 Å². The van der Waals surface area contributed by atoms with Gasteiger partial charge in [0.15, 0.2) is 5.96 Å². The minimum atomic E-state index is 0.0815. The van der Waals surface area contributed by atoms with Crippen molar-refractivity contribution >= 4 is 5.96 Å². The second-order valence-corrected chi connectivity index (χ2v) is 5.63. The highest BCUT2D eigenvalue weighted by molar-refractivity contribution is 5.78. The van der Waals surface area contributed by atoms with Gasteiger partial charge < -0.3 is 15.4 Å². The fourth-order valence-electron chi connectivity index (χ4n) is 2.89. The molecular formula is C17H27N3O. The van der Waals surface area contributed by atoms with E-state index >= 15 is 0 Å². The van der Waals surface area contributed by atoms with Crippen LogP contribution in [0.2, 0.25) is 0 Å². The Hall–Kier alpha value is -1.55. The fraction of sp³-hybridized carbons (Fsp3) is 0.588. The molecule has 1 heterocycles. The molecule has 4 heteroatoms. The normalized spacial score (nSPS) is 17.0. The van der Waals surface area contributed by atoms with Crippen LogP contribution < -0.4 is 5.73 Å². The molecule has 1 saturated heterocycles. The second kappa shape index (κ2) is 7.46. The van der Waals surface area contributed by atoms with Crippen molar-refractivity contribution < 1.29 is 4.74 Å². The van der Waals surface area contributed by atoms with Crippen LogP contribution in [-0.2, 0) is 10.2 Å². The number of morpholine rings is 1. The molecule has 1 aromatic rings. The second-order valence-electron chi connectivity index (χ2n) is 5.63. The third-order valence-electron chi connectivity index (χ3n) is 4.62. The summed E-state index contributed by atoms with van der Waals surface area (Å²) in [4.78, 5) is 6.82. The van der Waals surface area contributed by atoms with Gasteiger partial charge in [-0.05, 0) is 18.4 Å². The summed E-state index contributed by atoms with van der Waals surface area (Å²) >= 11 is 0. The van der Waals surface area contributed by atoms with Gasteiger partial charge in [0.25, 0.3) is 0 Å². The molecule has 0 amide bonds. The quantitative estimate of drug-likeness (QED) is 0.669. The number of nitrogens with two attached hydrogens (primary N) is 1. The summed E-state index contributed by atoms with van der Waals surface area (Å²) in [5.74, 6) is 0.653. The maximum absolute atomic E-state index is 6.16. The molecule has 21 heavy (non-hydrogen) atoms. The van der Waals surface area contributed by atoms with Crippen LogP contribution in [0.5, 0.6) is 0 Å². The Balaban J connectivity index is 2.12. The first-order chi connectivity index (χ1) is 10.2. The zero-order chi connectivity index (χ0) is 15.1. The summed E-state index contributed by atoms with van der Waals surface area (Å²) in [6.07, 6.45) is 2.13. The Morgan fingerprint density at radius 1 is 1.19 bits per heavy atom. The van der Waals surface area contributed by atoms with Crippen molar-refractivity contribution in [3.05, 3.63) is 35.9 Å². The van der Waals surface area contributed by atoms with E-state index in [1.807, 2.05) is 0 Å². The van der Waals surface area contributed by atoms with Gasteiger partial charge in [0.2, 0.25) is 0 Å². The van der Waals surface area contributed by atoms with Crippen LogP contribution in [0.3, 0.4) is 0 Å². The van der Waals surface area contributed by atoms with Crippen LogP contribution in [-0.4, -0.2) is 43.7 Å². The van der Waals surface area contributed by atoms with E-state index in [-0.39, 0.29) is 5.41 Å². The highest BCUT2D eigenvalue weighted by Crippen LogP contribution is 2.32. The number of aliphatic imine (C=N–C) groups is 1. The van der Waals surface area contributed by atoms with Crippen LogP contribution in [0, 0.1) is 0 Å². The summed E-state index contributed by atoms with van der Waals surface area (Å²) in [5, 5.41) is 0. The molecule has 2 rings (SSSR count). The lowest BCUT2D eigenvalue weighted by Gasteiger charge is -2.32. The molecule has 4 nitrogen and oxygen atoms in total. The summed E-state index contributed by atoms with van der Waals surface area (Å²) < 4.78 is 5.35. The number of rotatable bonds is 5. The van der Waals surface area contributed by atoms with Gasteiger partial charge in [-0.3, -0.25) is 4.99 Å². The largest absolute Gasteiger partial charge is 0.378 e. The molecule has 0 bridgehead atoms. The SMILES string of the molecule is CCC(CC)(CN=C(N)N1CCOCC1)c1ccccc1. The third kappa shape index (κ3) is 3.76. The maximum atomic E-state index is 6.16. The monoisotopic (exact) mass is 289 g/mol. The fourth-order valence-corrected chi connectivity index (χ4v) is 2.89. The lowest BCUT2D eigenvalue weighted by atomic mass is 9.76. The molecular weight excluding hydrogens is 262 g/mol. The number of guanidine groups is 1. The van der Waals surface area contributed by atoms with E-state index in [9.17, 15) is 0 Å². The lowest BCUT2D eigenvalue weighted by molar-refractivity contribution is 0.0673. The zero-order valence-corrected chi connectivity index (χ0v) is 13.2. The number of ether oxygens (including phenoxy) is 1. The molecule has 0 aliphatic carbocycles. The zero-order valence-electron chi connectivity index (χ0n) is 13.2. The van der Waals surface area contributed by atoms with Gasteiger partial charge in [0, 0.05) is 18.5 Å². The summed E-state index contributed by atoms with van der Waals surface area (Å²) in [7, 11) is 0. The highest BCUT2D eigenvalue weighted by atomic mass is 16.5. The molecule has 0 saturated carbocycles. The van der Waals surface area contributed by atoms with Gasteiger partial charge in [-0.25, -0.2) is 0 Å². The summed E-state index contributed by atoms with van der Waals surface area (Å²) in [6.45, 7) is 8.36. The van der Waals surface area contributed by atoms with Crippen molar-refractivity contribution in [3.63, 3.8) is 0 Å². The van der Waals surface area contributed by atoms with Crippen molar-refractivity contribution in [2.75, 3.05) is 32.8 Å². The van der Waals surface area contributed by atoms with Crippen LogP contribution >= 0.6 is 0 Å². The van der Waals surface area contributed by atoms with Crippen molar-refractivity contribution in [3.8, 4) is 0 Å². The molecule has 0 atom stereocenters. The lowest BCUT2D eigenvalue weighted by Crippen LogP contribution is -2.45.